The summed E-state index contributed by atoms with van der Waals surface area (Å²) in [6.07, 6.45) is 2.88. The molecule has 1 saturated carbocycles. The monoisotopic (exact) mass is 284 g/mol. The van der Waals surface area contributed by atoms with Gasteiger partial charge in [-0.25, -0.2) is 8.78 Å². The zero-order valence-electron chi connectivity index (χ0n) is 10.2. The summed E-state index contributed by atoms with van der Waals surface area (Å²) < 4.78 is 26.1. The lowest BCUT2D eigenvalue weighted by atomic mass is 9.85. The minimum absolute atomic E-state index is 0.0741. The summed E-state index contributed by atoms with van der Waals surface area (Å²) in [6, 6.07) is 2.86. The fraction of sp³-hybridized carbons (Fsp3) is 0.385. The molecule has 2 rings (SSSR count). The quantitative estimate of drug-likeness (QED) is 0.839. The SMILES string of the molecule is NC(=S)C1(C(=O)Nc2cc(F)cc(F)c2)CCCC1. The van der Waals surface area contributed by atoms with Gasteiger partial charge in [-0.05, 0) is 25.0 Å². The van der Waals surface area contributed by atoms with Gasteiger partial charge in [0.2, 0.25) is 5.91 Å². The van der Waals surface area contributed by atoms with Gasteiger partial charge in [0.15, 0.2) is 0 Å². The average molecular weight is 284 g/mol. The van der Waals surface area contributed by atoms with E-state index in [2.05, 4.69) is 5.32 Å². The lowest BCUT2D eigenvalue weighted by Gasteiger charge is -2.26. The summed E-state index contributed by atoms with van der Waals surface area (Å²) >= 11 is 4.98. The summed E-state index contributed by atoms with van der Waals surface area (Å²) in [5.41, 5.74) is 4.85. The van der Waals surface area contributed by atoms with Crippen molar-refractivity contribution in [3.63, 3.8) is 0 Å². The molecule has 1 aromatic carbocycles. The number of thiocarbonyl (C=S) groups is 1. The smallest absolute Gasteiger partial charge is 0.237 e. The molecule has 0 aromatic heterocycles. The van der Waals surface area contributed by atoms with E-state index in [1.54, 1.807) is 0 Å². The molecule has 0 bridgehead atoms. The van der Waals surface area contributed by atoms with Gasteiger partial charge in [0.25, 0.3) is 0 Å². The van der Waals surface area contributed by atoms with Crippen LogP contribution in [-0.4, -0.2) is 10.9 Å². The van der Waals surface area contributed by atoms with Crippen molar-refractivity contribution in [3.8, 4) is 0 Å². The van der Waals surface area contributed by atoms with Crippen LogP contribution in [0.4, 0.5) is 14.5 Å². The third kappa shape index (κ3) is 2.73. The van der Waals surface area contributed by atoms with E-state index in [1.165, 1.54) is 0 Å². The van der Waals surface area contributed by atoms with Crippen LogP contribution >= 0.6 is 12.2 Å². The Balaban J connectivity index is 2.22. The number of benzene rings is 1. The van der Waals surface area contributed by atoms with Crippen LogP contribution in [0.3, 0.4) is 0 Å². The largest absolute Gasteiger partial charge is 0.392 e. The highest BCUT2D eigenvalue weighted by atomic mass is 32.1. The van der Waals surface area contributed by atoms with E-state index in [0.29, 0.717) is 12.8 Å². The van der Waals surface area contributed by atoms with Crippen molar-refractivity contribution in [2.75, 3.05) is 5.32 Å². The molecule has 1 amide bonds. The maximum atomic E-state index is 13.1. The van der Waals surface area contributed by atoms with Crippen LogP contribution in [0.5, 0.6) is 0 Å². The molecule has 1 aliphatic carbocycles. The molecule has 19 heavy (non-hydrogen) atoms. The van der Waals surface area contributed by atoms with Crippen LogP contribution in [0.2, 0.25) is 0 Å². The maximum absolute atomic E-state index is 13.1. The second-order valence-electron chi connectivity index (χ2n) is 4.77. The van der Waals surface area contributed by atoms with Crippen LogP contribution in [0, 0.1) is 17.0 Å². The molecular weight excluding hydrogens is 270 g/mol. The number of carbonyl (C=O) groups excluding carboxylic acids is 1. The maximum Gasteiger partial charge on any atom is 0.237 e. The third-order valence-corrected chi connectivity index (χ3v) is 3.87. The summed E-state index contributed by atoms with van der Waals surface area (Å²) in [6.45, 7) is 0. The minimum Gasteiger partial charge on any atom is -0.392 e. The van der Waals surface area contributed by atoms with Crippen molar-refractivity contribution in [2.24, 2.45) is 11.1 Å². The molecule has 3 N–H and O–H groups in total. The Labute approximate surface area is 115 Å². The predicted octanol–water partition coefficient (Wildman–Crippen LogP) is 2.75. The van der Waals surface area contributed by atoms with Crippen molar-refractivity contribution >= 4 is 28.8 Å². The van der Waals surface area contributed by atoms with Crippen molar-refractivity contribution in [1.82, 2.24) is 0 Å². The number of halogens is 2. The van der Waals surface area contributed by atoms with E-state index in [-0.39, 0.29) is 16.6 Å². The number of hydrogen-bond acceptors (Lipinski definition) is 2. The standard InChI is InChI=1S/C13H14F2N2OS/c14-8-5-9(15)7-10(6-8)17-12(18)13(11(16)19)3-1-2-4-13/h5-7H,1-4H2,(H2,16,19)(H,17,18). The Morgan fingerprint density at radius 2 is 1.74 bits per heavy atom. The molecule has 0 heterocycles. The van der Waals surface area contributed by atoms with Crippen LogP contribution < -0.4 is 11.1 Å². The molecule has 0 aliphatic heterocycles. The minimum atomic E-state index is -0.891. The van der Waals surface area contributed by atoms with Gasteiger partial charge in [0, 0.05) is 11.8 Å². The number of carbonyl (C=O) groups is 1. The van der Waals surface area contributed by atoms with E-state index in [1.807, 2.05) is 0 Å². The van der Waals surface area contributed by atoms with Gasteiger partial charge in [-0.15, -0.1) is 0 Å². The summed E-state index contributed by atoms with van der Waals surface area (Å²) in [5.74, 6) is -1.88. The van der Waals surface area contributed by atoms with E-state index >= 15 is 0 Å². The molecular formula is C13H14F2N2OS. The van der Waals surface area contributed by atoms with Crippen LogP contribution in [0.25, 0.3) is 0 Å². The van der Waals surface area contributed by atoms with Crippen LogP contribution in [0.1, 0.15) is 25.7 Å². The van der Waals surface area contributed by atoms with E-state index < -0.39 is 17.0 Å². The van der Waals surface area contributed by atoms with Crippen molar-refractivity contribution in [2.45, 2.75) is 25.7 Å². The highest BCUT2D eigenvalue weighted by Gasteiger charge is 2.43. The molecule has 102 valence electrons. The molecule has 0 unspecified atom stereocenters. The Hall–Kier alpha value is -1.56. The Kier molecular flexibility index (Phi) is 3.80. The Morgan fingerprint density at radius 3 is 2.21 bits per heavy atom. The van der Waals surface area contributed by atoms with Gasteiger partial charge in [0.1, 0.15) is 11.6 Å². The second-order valence-corrected chi connectivity index (χ2v) is 5.21. The molecule has 0 radical (unpaired) electrons. The first-order valence-corrected chi connectivity index (χ1v) is 6.42. The molecule has 0 atom stereocenters. The van der Waals surface area contributed by atoms with Gasteiger partial charge in [-0.3, -0.25) is 4.79 Å². The number of anilines is 1. The summed E-state index contributed by atoms with van der Waals surface area (Å²) in [5, 5.41) is 2.50. The lowest BCUT2D eigenvalue weighted by Crippen LogP contribution is -2.43. The van der Waals surface area contributed by atoms with Crippen molar-refractivity contribution in [1.29, 1.82) is 0 Å². The number of nitrogens with two attached hydrogens (primary N) is 1. The number of rotatable bonds is 3. The van der Waals surface area contributed by atoms with E-state index in [4.69, 9.17) is 18.0 Å². The van der Waals surface area contributed by atoms with Crippen LogP contribution in [0.15, 0.2) is 18.2 Å². The van der Waals surface area contributed by atoms with Gasteiger partial charge >= 0.3 is 0 Å². The van der Waals surface area contributed by atoms with Gasteiger partial charge in [0.05, 0.1) is 10.4 Å². The Bertz CT molecular complexity index is 507. The molecule has 3 nitrogen and oxygen atoms in total. The molecule has 0 spiro atoms. The van der Waals surface area contributed by atoms with Crippen molar-refractivity contribution < 1.29 is 13.6 Å². The van der Waals surface area contributed by atoms with Gasteiger partial charge in [-0.1, -0.05) is 25.1 Å². The predicted molar refractivity (Wildman–Crippen MR) is 72.7 cm³/mol. The molecule has 0 saturated heterocycles. The fourth-order valence-corrected chi connectivity index (χ4v) is 2.74. The topological polar surface area (TPSA) is 55.1 Å². The second kappa shape index (κ2) is 5.21. The number of hydrogen-bond donors (Lipinski definition) is 2. The molecule has 1 aliphatic rings. The summed E-state index contributed by atoms with van der Waals surface area (Å²) in [7, 11) is 0. The van der Waals surface area contributed by atoms with E-state index in [9.17, 15) is 13.6 Å². The first-order valence-electron chi connectivity index (χ1n) is 6.01. The fourth-order valence-electron chi connectivity index (χ4n) is 2.44. The molecule has 1 fully saturated rings. The molecule has 6 heteroatoms. The third-order valence-electron chi connectivity index (χ3n) is 3.48. The molecule has 1 aromatic rings. The zero-order valence-corrected chi connectivity index (χ0v) is 11.0. The van der Waals surface area contributed by atoms with Crippen LogP contribution in [-0.2, 0) is 4.79 Å². The Morgan fingerprint density at radius 1 is 1.21 bits per heavy atom. The normalized spacial score (nSPS) is 17.2. The average Bonchev–Trinajstić information content (AvgIpc) is 2.77. The highest BCUT2D eigenvalue weighted by Crippen LogP contribution is 2.39. The zero-order chi connectivity index (χ0) is 14.0. The van der Waals surface area contributed by atoms with Crippen molar-refractivity contribution in [3.05, 3.63) is 29.8 Å². The van der Waals surface area contributed by atoms with E-state index in [0.717, 1.165) is 31.0 Å². The van der Waals surface area contributed by atoms with Gasteiger partial charge < -0.3 is 11.1 Å². The highest BCUT2D eigenvalue weighted by molar-refractivity contribution is 7.80. The number of nitrogens with one attached hydrogen (secondary N) is 1. The summed E-state index contributed by atoms with van der Waals surface area (Å²) in [4.78, 5) is 12.4. The first kappa shape index (κ1) is 13.9. The first-order chi connectivity index (χ1) is 8.94. The van der Waals surface area contributed by atoms with Gasteiger partial charge in [-0.2, -0.15) is 0 Å². The lowest BCUT2D eigenvalue weighted by molar-refractivity contribution is -0.122. The number of amides is 1.